The number of hydrogen-bond acceptors (Lipinski definition) is 5. The van der Waals surface area contributed by atoms with Crippen molar-refractivity contribution in [1.29, 1.82) is 0 Å². The van der Waals surface area contributed by atoms with Gasteiger partial charge < -0.3 is 14.6 Å². The number of benzene rings is 3. The summed E-state index contributed by atoms with van der Waals surface area (Å²) in [6.07, 6.45) is 1.00. The Balaban J connectivity index is 1.78. The lowest BCUT2D eigenvalue weighted by molar-refractivity contribution is -0.137. The second-order valence-electron chi connectivity index (χ2n) is 8.54. The first-order valence-corrected chi connectivity index (χ1v) is 13.2. The van der Waals surface area contributed by atoms with Gasteiger partial charge >= 0.3 is 5.97 Å². The number of carboxylic acid groups (broad SMARTS) is 1. The molecule has 0 fully saturated rings. The number of anilines is 1. The number of nitrogens with zero attached hydrogens (tertiary/aromatic N) is 1. The predicted molar refractivity (Wildman–Crippen MR) is 140 cm³/mol. The summed E-state index contributed by atoms with van der Waals surface area (Å²) in [5, 5.41) is 9.37. The summed E-state index contributed by atoms with van der Waals surface area (Å²) in [6.45, 7) is 1.64. The fourth-order valence-corrected chi connectivity index (χ4v) is 6.01. The van der Waals surface area contributed by atoms with E-state index in [1.165, 1.54) is 35.7 Å². The summed E-state index contributed by atoms with van der Waals surface area (Å²) in [7, 11) is -2.62. The van der Waals surface area contributed by atoms with Crippen molar-refractivity contribution >= 4 is 44.9 Å². The van der Waals surface area contributed by atoms with E-state index >= 15 is 0 Å². The molecule has 1 N–H and O–H groups in total. The van der Waals surface area contributed by atoms with Crippen molar-refractivity contribution in [2.24, 2.45) is 0 Å². The molecular weight excluding hydrogens is 521 g/mol. The number of fused-ring (bicyclic) bond motifs is 1. The molecule has 4 rings (SSSR count). The molecule has 1 aliphatic heterocycles. The van der Waals surface area contributed by atoms with Crippen LogP contribution in [0.3, 0.4) is 0 Å². The second-order valence-corrected chi connectivity index (χ2v) is 10.8. The van der Waals surface area contributed by atoms with E-state index in [0.717, 1.165) is 0 Å². The Hall–Kier alpha value is -3.56. The average molecular weight is 546 g/mol. The van der Waals surface area contributed by atoms with Crippen LogP contribution in [-0.2, 0) is 14.8 Å². The maximum absolute atomic E-state index is 14.4. The van der Waals surface area contributed by atoms with Crippen LogP contribution in [0.15, 0.2) is 65.6 Å². The van der Waals surface area contributed by atoms with Crippen LogP contribution in [0.2, 0.25) is 5.02 Å². The van der Waals surface area contributed by atoms with Gasteiger partial charge in [0.2, 0.25) is 0 Å². The van der Waals surface area contributed by atoms with Gasteiger partial charge in [-0.2, -0.15) is 0 Å². The maximum atomic E-state index is 14.4. The van der Waals surface area contributed by atoms with Crippen LogP contribution in [0.25, 0.3) is 11.6 Å². The van der Waals surface area contributed by atoms with Gasteiger partial charge in [0.15, 0.2) is 0 Å². The lowest BCUT2D eigenvalue weighted by Gasteiger charge is -2.35. The Morgan fingerprint density at radius 2 is 1.97 bits per heavy atom. The lowest BCUT2D eigenvalue weighted by Crippen LogP contribution is -2.43. The van der Waals surface area contributed by atoms with Gasteiger partial charge in [-0.1, -0.05) is 35.9 Å². The zero-order chi connectivity index (χ0) is 26.7. The fourth-order valence-electron chi connectivity index (χ4n) is 4.17. The van der Waals surface area contributed by atoms with Gasteiger partial charge in [-0.05, 0) is 60.9 Å². The number of rotatable bonds is 8. The Morgan fingerprint density at radius 3 is 2.68 bits per heavy atom. The second kappa shape index (κ2) is 10.8. The van der Waals surface area contributed by atoms with Crippen LogP contribution in [0, 0.1) is 5.82 Å². The van der Waals surface area contributed by atoms with Crippen molar-refractivity contribution in [3.63, 3.8) is 0 Å². The molecule has 0 amide bonds. The van der Waals surface area contributed by atoms with Gasteiger partial charge in [0.05, 0.1) is 29.3 Å². The van der Waals surface area contributed by atoms with E-state index in [1.54, 1.807) is 49.4 Å². The van der Waals surface area contributed by atoms with Gasteiger partial charge in [-0.3, -0.25) is 9.10 Å². The van der Waals surface area contributed by atoms with Crippen LogP contribution in [0.4, 0.5) is 10.1 Å². The third kappa shape index (κ3) is 5.73. The molecule has 7 nitrogen and oxygen atoms in total. The Morgan fingerprint density at radius 1 is 1.22 bits per heavy atom. The molecule has 0 saturated heterocycles. The van der Waals surface area contributed by atoms with E-state index in [4.69, 9.17) is 26.2 Å². The first kappa shape index (κ1) is 26.5. The van der Waals surface area contributed by atoms with E-state index < -0.39 is 27.9 Å². The van der Waals surface area contributed by atoms with Crippen LogP contribution in [0.5, 0.6) is 11.5 Å². The standard InChI is InChI=1S/C27H25ClFNO6S/c1-17(27-22(28)7-4-8-23(27)29)13-18-9-11-25-24(14-18)30(16-20(36-25)10-12-26(31)32)37(33,34)21-6-3-5-19(15-21)35-2/h3-9,11,13-15,20H,10,12,16H2,1-2H3,(H,31,32)/b17-13+/t20-/m0/s1. The molecule has 3 aromatic carbocycles. The Labute approximate surface area is 219 Å². The summed E-state index contributed by atoms with van der Waals surface area (Å²) in [5.41, 5.74) is 1.71. The molecule has 0 radical (unpaired) electrons. The number of hydrogen-bond donors (Lipinski definition) is 1. The van der Waals surface area contributed by atoms with E-state index in [-0.39, 0.29) is 40.6 Å². The third-order valence-electron chi connectivity index (χ3n) is 5.96. The minimum Gasteiger partial charge on any atom is -0.497 e. The minimum absolute atomic E-state index is 0.0203. The number of aliphatic carboxylic acids is 1. The van der Waals surface area contributed by atoms with Gasteiger partial charge in [0, 0.05) is 18.1 Å². The normalized spacial score (nSPS) is 15.6. The van der Waals surface area contributed by atoms with Gasteiger partial charge in [-0.15, -0.1) is 0 Å². The largest absolute Gasteiger partial charge is 0.497 e. The predicted octanol–water partition coefficient (Wildman–Crippen LogP) is 5.87. The number of carboxylic acids is 1. The Bertz CT molecular complexity index is 1450. The van der Waals surface area contributed by atoms with Gasteiger partial charge in [-0.25, -0.2) is 12.8 Å². The monoisotopic (exact) mass is 545 g/mol. The van der Waals surface area contributed by atoms with E-state index in [0.29, 0.717) is 22.6 Å². The van der Waals surface area contributed by atoms with E-state index in [9.17, 15) is 17.6 Å². The maximum Gasteiger partial charge on any atom is 0.303 e. The molecule has 37 heavy (non-hydrogen) atoms. The van der Waals surface area contributed by atoms with Crippen LogP contribution >= 0.6 is 11.6 Å². The highest BCUT2D eigenvalue weighted by Crippen LogP contribution is 2.40. The quantitative estimate of drug-likeness (QED) is 0.356. The first-order chi connectivity index (χ1) is 17.6. The number of carbonyl (C=O) groups is 1. The molecule has 0 aliphatic carbocycles. The van der Waals surface area contributed by atoms with Crippen molar-refractivity contribution < 1.29 is 32.2 Å². The minimum atomic E-state index is -4.07. The molecule has 3 aromatic rings. The zero-order valence-corrected chi connectivity index (χ0v) is 21.7. The Kier molecular flexibility index (Phi) is 7.75. The highest BCUT2D eigenvalue weighted by atomic mass is 35.5. The molecule has 10 heteroatoms. The highest BCUT2D eigenvalue weighted by Gasteiger charge is 2.35. The number of ether oxygens (including phenoxy) is 2. The molecule has 0 unspecified atom stereocenters. The van der Waals surface area contributed by atoms with Crippen molar-refractivity contribution in [2.75, 3.05) is 18.0 Å². The number of methoxy groups -OCH3 is 1. The summed E-state index contributed by atoms with van der Waals surface area (Å²) in [5.74, 6) is -0.789. The van der Waals surface area contributed by atoms with Gasteiger partial charge in [0.1, 0.15) is 23.4 Å². The summed E-state index contributed by atoms with van der Waals surface area (Å²) in [4.78, 5) is 11.1. The molecule has 1 aliphatic rings. The summed E-state index contributed by atoms with van der Waals surface area (Å²) in [6, 6.07) is 15.5. The molecule has 1 atom stereocenters. The van der Waals surface area contributed by atoms with Crippen molar-refractivity contribution in [1.82, 2.24) is 0 Å². The fraction of sp³-hybridized carbons (Fsp3) is 0.222. The summed E-state index contributed by atoms with van der Waals surface area (Å²) >= 11 is 6.21. The van der Waals surface area contributed by atoms with Crippen LogP contribution in [0.1, 0.15) is 30.9 Å². The van der Waals surface area contributed by atoms with E-state index in [2.05, 4.69) is 0 Å². The molecule has 194 valence electrons. The van der Waals surface area contributed by atoms with Crippen LogP contribution < -0.4 is 13.8 Å². The van der Waals surface area contributed by atoms with Gasteiger partial charge in [0.25, 0.3) is 10.0 Å². The summed E-state index contributed by atoms with van der Waals surface area (Å²) < 4.78 is 54.3. The smallest absolute Gasteiger partial charge is 0.303 e. The zero-order valence-electron chi connectivity index (χ0n) is 20.1. The van der Waals surface area contributed by atoms with Crippen molar-refractivity contribution in [3.05, 3.63) is 82.6 Å². The number of halogens is 2. The van der Waals surface area contributed by atoms with E-state index in [1.807, 2.05) is 0 Å². The lowest BCUT2D eigenvalue weighted by atomic mass is 10.0. The molecule has 1 heterocycles. The molecule has 0 spiro atoms. The van der Waals surface area contributed by atoms with Crippen LogP contribution in [-0.4, -0.2) is 39.3 Å². The molecule has 0 bridgehead atoms. The van der Waals surface area contributed by atoms with Crippen molar-refractivity contribution in [3.8, 4) is 11.5 Å². The average Bonchev–Trinajstić information content (AvgIpc) is 2.87. The molecule has 0 saturated carbocycles. The topological polar surface area (TPSA) is 93.1 Å². The molecular formula is C27H25ClFNO6S. The molecule has 0 aromatic heterocycles. The first-order valence-electron chi connectivity index (χ1n) is 11.4. The van der Waals surface area contributed by atoms with Crippen molar-refractivity contribution in [2.45, 2.75) is 30.8 Å². The third-order valence-corrected chi connectivity index (χ3v) is 8.06. The highest BCUT2D eigenvalue weighted by molar-refractivity contribution is 7.92. The number of sulfonamides is 1. The number of allylic oxidation sites excluding steroid dienone is 1. The SMILES string of the molecule is COc1cccc(S(=O)(=O)N2C[C@H](CCC(=O)O)Oc3ccc(/C=C(\C)c4c(F)cccc4Cl)cc32)c1.